The molecule has 0 aliphatic heterocycles. The maximum absolute atomic E-state index is 5.52. The molecule has 1 aromatic rings. The lowest BCUT2D eigenvalue weighted by Gasteiger charge is -2.07. The molecule has 0 radical (unpaired) electrons. The molecule has 2 nitrogen and oxygen atoms in total. The van der Waals surface area contributed by atoms with Crippen molar-refractivity contribution in [1.82, 2.24) is 5.32 Å². The van der Waals surface area contributed by atoms with Gasteiger partial charge in [0.05, 0.1) is 0 Å². The Morgan fingerprint density at radius 1 is 1.14 bits per heavy atom. The summed E-state index contributed by atoms with van der Waals surface area (Å²) in [6.45, 7) is 7.07. The lowest BCUT2D eigenvalue weighted by atomic mass is 10.1. The summed E-state index contributed by atoms with van der Waals surface area (Å²) in [5.74, 6) is 0.707. The van der Waals surface area contributed by atoms with Gasteiger partial charge < -0.3 is 11.1 Å². The van der Waals surface area contributed by atoms with Gasteiger partial charge in [-0.2, -0.15) is 0 Å². The fourth-order valence-electron chi connectivity index (χ4n) is 1.30. The molecule has 0 heterocycles. The van der Waals surface area contributed by atoms with Crippen molar-refractivity contribution in [3.05, 3.63) is 35.4 Å². The Labute approximate surface area is 86.5 Å². The van der Waals surface area contributed by atoms with Crippen LogP contribution in [-0.4, -0.2) is 6.54 Å². The van der Waals surface area contributed by atoms with Crippen LogP contribution in [0.3, 0.4) is 0 Å². The standard InChI is InChI=1S/C12H20N2/c1-10(2)8-14-9-12-5-3-11(7-13)4-6-12/h3-6,10,14H,7-9,13H2,1-2H3. The Bertz CT molecular complexity index is 252. The molecule has 0 saturated carbocycles. The van der Waals surface area contributed by atoms with Gasteiger partial charge in [0.25, 0.3) is 0 Å². The third kappa shape index (κ3) is 3.90. The second-order valence-corrected chi connectivity index (χ2v) is 4.05. The van der Waals surface area contributed by atoms with E-state index in [1.807, 2.05) is 0 Å². The summed E-state index contributed by atoms with van der Waals surface area (Å²) in [4.78, 5) is 0. The van der Waals surface area contributed by atoms with Crippen molar-refractivity contribution >= 4 is 0 Å². The lowest BCUT2D eigenvalue weighted by molar-refractivity contribution is 0.552. The first-order valence-corrected chi connectivity index (χ1v) is 5.21. The van der Waals surface area contributed by atoms with Crippen molar-refractivity contribution < 1.29 is 0 Å². The number of benzene rings is 1. The van der Waals surface area contributed by atoms with Crippen molar-refractivity contribution in [2.45, 2.75) is 26.9 Å². The van der Waals surface area contributed by atoms with Gasteiger partial charge in [-0.3, -0.25) is 0 Å². The lowest BCUT2D eigenvalue weighted by Crippen LogP contribution is -2.18. The maximum atomic E-state index is 5.52. The molecule has 0 aromatic heterocycles. The van der Waals surface area contributed by atoms with E-state index in [0.717, 1.165) is 13.1 Å². The zero-order chi connectivity index (χ0) is 10.4. The van der Waals surface area contributed by atoms with Crippen molar-refractivity contribution in [3.8, 4) is 0 Å². The minimum absolute atomic E-state index is 0.625. The molecule has 0 atom stereocenters. The highest BCUT2D eigenvalue weighted by atomic mass is 14.8. The van der Waals surface area contributed by atoms with Crippen LogP contribution in [0.4, 0.5) is 0 Å². The molecular formula is C12H20N2. The number of hydrogen-bond donors (Lipinski definition) is 2. The molecule has 0 aliphatic carbocycles. The third-order valence-corrected chi connectivity index (χ3v) is 2.14. The Morgan fingerprint density at radius 2 is 1.71 bits per heavy atom. The van der Waals surface area contributed by atoms with Crippen LogP contribution >= 0.6 is 0 Å². The molecule has 1 rings (SSSR count). The molecule has 14 heavy (non-hydrogen) atoms. The Hall–Kier alpha value is -0.860. The van der Waals surface area contributed by atoms with E-state index in [0.29, 0.717) is 12.5 Å². The van der Waals surface area contributed by atoms with Crippen LogP contribution in [0, 0.1) is 5.92 Å². The first kappa shape index (κ1) is 11.2. The average molecular weight is 192 g/mol. The minimum atomic E-state index is 0.625. The van der Waals surface area contributed by atoms with Crippen LogP contribution in [0.5, 0.6) is 0 Å². The third-order valence-electron chi connectivity index (χ3n) is 2.14. The van der Waals surface area contributed by atoms with Crippen molar-refractivity contribution in [1.29, 1.82) is 0 Å². The monoisotopic (exact) mass is 192 g/mol. The topological polar surface area (TPSA) is 38.0 Å². The number of hydrogen-bond acceptors (Lipinski definition) is 2. The van der Waals surface area contributed by atoms with Crippen molar-refractivity contribution in [3.63, 3.8) is 0 Å². The molecule has 0 fully saturated rings. The van der Waals surface area contributed by atoms with Gasteiger partial charge >= 0.3 is 0 Å². The maximum Gasteiger partial charge on any atom is 0.0205 e. The molecular weight excluding hydrogens is 172 g/mol. The van der Waals surface area contributed by atoms with E-state index >= 15 is 0 Å². The van der Waals surface area contributed by atoms with E-state index in [2.05, 4.69) is 43.4 Å². The van der Waals surface area contributed by atoms with Crippen molar-refractivity contribution in [2.24, 2.45) is 11.7 Å². The summed E-state index contributed by atoms with van der Waals surface area (Å²) < 4.78 is 0. The van der Waals surface area contributed by atoms with Crippen LogP contribution in [0.2, 0.25) is 0 Å². The fraction of sp³-hybridized carbons (Fsp3) is 0.500. The van der Waals surface area contributed by atoms with Crippen LogP contribution in [-0.2, 0) is 13.1 Å². The zero-order valence-corrected chi connectivity index (χ0v) is 9.09. The number of nitrogens with one attached hydrogen (secondary N) is 1. The first-order valence-electron chi connectivity index (χ1n) is 5.21. The second kappa shape index (κ2) is 5.78. The number of nitrogens with two attached hydrogens (primary N) is 1. The van der Waals surface area contributed by atoms with Gasteiger partial charge in [-0.05, 0) is 23.6 Å². The summed E-state index contributed by atoms with van der Waals surface area (Å²) in [5, 5.41) is 3.41. The van der Waals surface area contributed by atoms with Gasteiger partial charge in [0.2, 0.25) is 0 Å². The quantitative estimate of drug-likeness (QED) is 0.747. The van der Waals surface area contributed by atoms with E-state index in [9.17, 15) is 0 Å². The van der Waals surface area contributed by atoms with Crippen LogP contribution in [0.25, 0.3) is 0 Å². The Balaban J connectivity index is 2.36. The summed E-state index contributed by atoms with van der Waals surface area (Å²) in [6.07, 6.45) is 0. The summed E-state index contributed by atoms with van der Waals surface area (Å²) >= 11 is 0. The Kier molecular flexibility index (Phi) is 4.63. The van der Waals surface area contributed by atoms with E-state index in [1.165, 1.54) is 11.1 Å². The molecule has 0 amide bonds. The van der Waals surface area contributed by atoms with Crippen LogP contribution in [0.1, 0.15) is 25.0 Å². The Morgan fingerprint density at radius 3 is 2.21 bits per heavy atom. The van der Waals surface area contributed by atoms with Gasteiger partial charge in [-0.25, -0.2) is 0 Å². The van der Waals surface area contributed by atoms with E-state index in [1.54, 1.807) is 0 Å². The summed E-state index contributed by atoms with van der Waals surface area (Å²) in [5.41, 5.74) is 8.04. The predicted molar refractivity (Wildman–Crippen MR) is 60.9 cm³/mol. The highest BCUT2D eigenvalue weighted by molar-refractivity contribution is 5.22. The summed E-state index contributed by atoms with van der Waals surface area (Å²) in [6, 6.07) is 8.45. The minimum Gasteiger partial charge on any atom is -0.326 e. The molecule has 0 saturated heterocycles. The second-order valence-electron chi connectivity index (χ2n) is 4.05. The smallest absolute Gasteiger partial charge is 0.0205 e. The normalized spacial score (nSPS) is 10.9. The molecule has 3 N–H and O–H groups in total. The molecule has 0 bridgehead atoms. The van der Waals surface area contributed by atoms with Gasteiger partial charge in [0, 0.05) is 13.1 Å². The first-order chi connectivity index (χ1) is 6.72. The average Bonchev–Trinajstić information content (AvgIpc) is 2.18. The predicted octanol–water partition coefficient (Wildman–Crippen LogP) is 1.89. The van der Waals surface area contributed by atoms with Crippen molar-refractivity contribution in [2.75, 3.05) is 6.54 Å². The van der Waals surface area contributed by atoms with E-state index < -0.39 is 0 Å². The zero-order valence-electron chi connectivity index (χ0n) is 9.09. The van der Waals surface area contributed by atoms with Gasteiger partial charge in [0.1, 0.15) is 0 Å². The van der Waals surface area contributed by atoms with Crippen LogP contribution < -0.4 is 11.1 Å². The molecule has 78 valence electrons. The molecule has 0 spiro atoms. The SMILES string of the molecule is CC(C)CNCc1ccc(CN)cc1. The van der Waals surface area contributed by atoms with Gasteiger partial charge in [-0.1, -0.05) is 38.1 Å². The highest BCUT2D eigenvalue weighted by Gasteiger charge is 1.95. The summed E-state index contributed by atoms with van der Waals surface area (Å²) in [7, 11) is 0. The van der Waals surface area contributed by atoms with E-state index in [-0.39, 0.29) is 0 Å². The molecule has 1 aromatic carbocycles. The molecule has 0 aliphatic rings. The van der Waals surface area contributed by atoms with Crippen LogP contribution in [0.15, 0.2) is 24.3 Å². The fourth-order valence-corrected chi connectivity index (χ4v) is 1.30. The highest BCUT2D eigenvalue weighted by Crippen LogP contribution is 2.03. The van der Waals surface area contributed by atoms with E-state index in [4.69, 9.17) is 5.73 Å². The molecule has 0 unspecified atom stereocenters. The van der Waals surface area contributed by atoms with Gasteiger partial charge in [0.15, 0.2) is 0 Å². The largest absolute Gasteiger partial charge is 0.326 e. The van der Waals surface area contributed by atoms with Gasteiger partial charge in [-0.15, -0.1) is 0 Å². The molecule has 2 heteroatoms. The number of rotatable bonds is 5.